The van der Waals surface area contributed by atoms with Crippen LogP contribution in [-0.4, -0.2) is 13.9 Å². The van der Waals surface area contributed by atoms with Gasteiger partial charge in [0.05, 0.1) is 0 Å². The van der Waals surface area contributed by atoms with Crippen molar-refractivity contribution in [3.8, 4) is 0 Å². The Labute approximate surface area is 104 Å². The van der Waals surface area contributed by atoms with Gasteiger partial charge in [-0.3, -0.25) is 0 Å². The van der Waals surface area contributed by atoms with E-state index in [1.807, 2.05) is 0 Å². The predicted octanol–water partition coefficient (Wildman–Crippen LogP) is 3.34. The van der Waals surface area contributed by atoms with Gasteiger partial charge in [-0.2, -0.15) is 21.6 Å². The van der Waals surface area contributed by atoms with Crippen LogP contribution in [0.3, 0.4) is 0 Å². The normalized spacial score (nSPS) is 29.4. The molecule has 3 nitrogen and oxygen atoms in total. The topological polar surface area (TPSA) is 43.4 Å². The van der Waals surface area contributed by atoms with E-state index in [0.29, 0.717) is 12.8 Å². The molecular weight excluding hydrogens is 269 g/mol. The van der Waals surface area contributed by atoms with Crippen molar-refractivity contribution in [3.63, 3.8) is 0 Å². The summed E-state index contributed by atoms with van der Waals surface area (Å²) < 4.78 is 63.2. The van der Waals surface area contributed by atoms with Gasteiger partial charge in [-0.05, 0) is 37.7 Å². The zero-order valence-electron chi connectivity index (χ0n) is 9.74. The summed E-state index contributed by atoms with van der Waals surface area (Å²) in [5.74, 6) is 0.107. The first-order valence-corrected chi connectivity index (χ1v) is 7.43. The minimum Gasteiger partial charge on any atom is -0.381 e. The first-order chi connectivity index (χ1) is 8.31. The van der Waals surface area contributed by atoms with Gasteiger partial charge in [0.2, 0.25) is 0 Å². The van der Waals surface area contributed by atoms with Crippen LogP contribution in [0.25, 0.3) is 0 Å². The molecule has 0 aliphatic heterocycles. The molecule has 0 heterocycles. The van der Waals surface area contributed by atoms with E-state index in [-0.39, 0.29) is 17.6 Å². The van der Waals surface area contributed by atoms with Gasteiger partial charge in [-0.1, -0.05) is 12.8 Å². The summed E-state index contributed by atoms with van der Waals surface area (Å²) in [5, 5.41) is 0. The summed E-state index contributed by atoms with van der Waals surface area (Å²) in [6.45, 7) is 0. The molecule has 0 N–H and O–H groups in total. The molecular formula is C11H15F3O3S. The molecule has 0 radical (unpaired) electrons. The Hall–Kier alpha value is -0.720. The largest absolute Gasteiger partial charge is 0.534 e. The first kappa shape index (κ1) is 13.7. The molecule has 2 aliphatic rings. The number of hydrogen-bond acceptors (Lipinski definition) is 3. The van der Waals surface area contributed by atoms with Gasteiger partial charge in [-0.15, -0.1) is 0 Å². The average molecular weight is 284 g/mol. The van der Waals surface area contributed by atoms with E-state index in [1.54, 1.807) is 0 Å². The fourth-order valence-electron chi connectivity index (χ4n) is 2.79. The van der Waals surface area contributed by atoms with Gasteiger partial charge in [0.15, 0.2) is 0 Å². The van der Waals surface area contributed by atoms with Crippen LogP contribution < -0.4 is 0 Å². The van der Waals surface area contributed by atoms with Crippen molar-refractivity contribution in [2.45, 2.75) is 44.0 Å². The molecule has 0 saturated heterocycles. The lowest BCUT2D eigenvalue weighted by Gasteiger charge is -2.35. The molecule has 0 bridgehead atoms. The Balaban J connectivity index is 2.16. The van der Waals surface area contributed by atoms with Crippen molar-refractivity contribution in [1.82, 2.24) is 0 Å². The molecule has 18 heavy (non-hydrogen) atoms. The van der Waals surface area contributed by atoms with Crippen molar-refractivity contribution in [3.05, 3.63) is 11.8 Å². The highest BCUT2D eigenvalue weighted by Gasteiger charge is 2.50. The molecule has 2 aliphatic carbocycles. The molecule has 0 aromatic heterocycles. The maximum Gasteiger partial charge on any atom is 0.534 e. The van der Waals surface area contributed by atoms with E-state index < -0.39 is 15.6 Å². The minimum atomic E-state index is -5.52. The standard InChI is InChI=1S/C11H15F3O3S/c12-11(13,14)18(15,16)17-10-7-3-5-8-4-1-2-6-9(8)10/h7-9H,1-6H2. The van der Waals surface area contributed by atoms with Crippen LogP contribution in [-0.2, 0) is 14.3 Å². The molecule has 0 aromatic rings. The molecule has 2 rings (SSSR count). The third-order valence-corrected chi connectivity index (χ3v) is 4.63. The van der Waals surface area contributed by atoms with Crippen molar-refractivity contribution in [1.29, 1.82) is 0 Å². The summed E-state index contributed by atoms with van der Waals surface area (Å²) in [6, 6.07) is 0. The van der Waals surface area contributed by atoms with Crippen LogP contribution >= 0.6 is 0 Å². The smallest absolute Gasteiger partial charge is 0.381 e. The van der Waals surface area contributed by atoms with Gasteiger partial charge in [-0.25, -0.2) is 0 Å². The second-order valence-electron chi connectivity index (χ2n) is 4.82. The molecule has 7 heteroatoms. The van der Waals surface area contributed by atoms with Gasteiger partial charge in [0, 0.05) is 5.92 Å². The molecule has 0 spiro atoms. The Morgan fingerprint density at radius 2 is 1.83 bits per heavy atom. The summed E-state index contributed by atoms with van der Waals surface area (Å²) >= 11 is 0. The molecule has 1 fully saturated rings. The summed E-state index contributed by atoms with van der Waals surface area (Å²) in [5.41, 5.74) is -5.35. The van der Waals surface area contributed by atoms with Crippen molar-refractivity contribution in [2.75, 3.05) is 0 Å². The zero-order chi connectivity index (χ0) is 13.4. The van der Waals surface area contributed by atoms with E-state index in [0.717, 1.165) is 25.7 Å². The van der Waals surface area contributed by atoms with Crippen LogP contribution in [0.15, 0.2) is 11.8 Å². The van der Waals surface area contributed by atoms with Gasteiger partial charge in [0.1, 0.15) is 5.76 Å². The van der Waals surface area contributed by atoms with Crippen LogP contribution in [0.4, 0.5) is 13.2 Å². The third-order valence-electron chi connectivity index (χ3n) is 3.65. The van der Waals surface area contributed by atoms with Gasteiger partial charge < -0.3 is 4.18 Å². The number of halogens is 3. The molecule has 2 atom stereocenters. The van der Waals surface area contributed by atoms with Gasteiger partial charge in [0.25, 0.3) is 0 Å². The maximum atomic E-state index is 12.3. The second kappa shape index (κ2) is 4.75. The number of allylic oxidation sites excluding steroid dienone is 2. The predicted molar refractivity (Wildman–Crippen MR) is 58.8 cm³/mol. The van der Waals surface area contributed by atoms with Crippen LogP contribution in [0.1, 0.15) is 38.5 Å². The van der Waals surface area contributed by atoms with Crippen LogP contribution in [0, 0.1) is 11.8 Å². The highest BCUT2D eigenvalue weighted by atomic mass is 32.2. The van der Waals surface area contributed by atoms with E-state index in [4.69, 9.17) is 0 Å². The molecule has 2 unspecified atom stereocenters. The lowest BCUT2D eigenvalue weighted by Crippen LogP contribution is -2.31. The average Bonchev–Trinajstić information content (AvgIpc) is 2.27. The van der Waals surface area contributed by atoms with E-state index in [1.165, 1.54) is 6.08 Å². The lowest BCUT2D eigenvalue weighted by molar-refractivity contribution is -0.0532. The van der Waals surface area contributed by atoms with E-state index in [9.17, 15) is 21.6 Å². The second-order valence-corrected chi connectivity index (χ2v) is 6.36. The number of alkyl halides is 3. The Morgan fingerprint density at radius 1 is 1.17 bits per heavy atom. The lowest BCUT2D eigenvalue weighted by atomic mass is 9.73. The highest BCUT2D eigenvalue weighted by molar-refractivity contribution is 7.87. The van der Waals surface area contributed by atoms with E-state index >= 15 is 0 Å². The molecule has 104 valence electrons. The molecule has 1 saturated carbocycles. The fraction of sp³-hybridized carbons (Fsp3) is 0.818. The Bertz CT molecular complexity index is 439. The quantitative estimate of drug-likeness (QED) is 0.577. The minimum absolute atomic E-state index is 0.00303. The van der Waals surface area contributed by atoms with Crippen LogP contribution in [0.2, 0.25) is 0 Å². The molecule has 0 amide bonds. The number of hydrogen-bond donors (Lipinski definition) is 0. The number of rotatable bonds is 2. The first-order valence-electron chi connectivity index (χ1n) is 6.02. The maximum absolute atomic E-state index is 12.3. The molecule has 0 aromatic carbocycles. The number of fused-ring (bicyclic) bond motifs is 1. The zero-order valence-corrected chi connectivity index (χ0v) is 10.6. The van der Waals surface area contributed by atoms with Crippen molar-refractivity contribution in [2.24, 2.45) is 11.8 Å². The summed E-state index contributed by atoms with van der Waals surface area (Å²) in [4.78, 5) is 0. The third kappa shape index (κ3) is 2.65. The van der Waals surface area contributed by atoms with E-state index in [2.05, 4.69) is 4.18 Å². The Morgan fingerprint density at radius 3 is 2.50 bits per heavy atom. The fourth-order valence-corrected chi connectivity index (χ4v) is 3.33. The SMILES string of the molecule is O=S(=O)(OC1=CCCC2CCCCC12)C(F)(F)F. The Kier molecular flexibility index (Phi) is 3.62. The summed E-state index contributed by atoms with van der Waals surface area (Å²) in [7, 11) is -5.52. The van der Waals surface area contributed by atoms with Crippen molar-refractivity contribution < 1.29 is 25.8 Å². The monoisotopic (exact) mass is 284 g/mol. The van der Waals surface area contributed by atoms with Crippen LogP contribution in [0.5, 0.6) is 0 Å². The summed E-state index contributed by atoms with van der Waals surface area (Å²) in [6.07, 6.45) is 6.61. The van der Waals surface area contributed by atoms with Crippen molar-refractivity contribution >= 4 is 10.1 Å². The highest BCUT2D eigenvalue weighted by Crippen LogP contribution is 2.43. The van der Waals surface area contributed by atoms with Gasteiger partial charge >= 0.3 is 15.6 Å².